The molecule has 1 aliphatic heterocycles. The predicted molar refractivity (Wildman–Crippen MR) is 114 cm³/mol. The molecule has 5 rings (SSSR count). The zero-order valence-electron chi connectivity index (χ0n) is 17.4. The van der Waals surface area contributed by atoms with Crippen molar-refractivity contribution in [1.82, 2.24) is 19.7 Å². The van der Waals surface area contributed by atoms with Gasteiger partial charge in [0.25, 0.3) is 0 Å². The summed E-state index contributed by atoms with van der Waals surface area (Å²) in [6.45, 7) is 4.47. The fourth-order valence-corrected chi connectivity index (χ4v) is 4.99. The minimum Gasteiger partial charge on any atom is -0.481 e. The molecule has 0 amide bonds. The number of aromatic nitrogens is 4. The second kappa shape index (κ2) is 7.76. The molecule has 7 nitrogen and oxygen atoms in total. The van der Waals surface area contributed by atoms with E-state index in [0.29, 0.717) is 35.9 Å². The van der Waals surface area contributed by atoms with Crippen LogP contribution < -0.4 is 9.64 Å². The van der Waals surface area contributed by atoms with Crippen LogP contribution in [0, 0.1) is 11.7 Å². The van der Waals surface area contributed by atoms with Gasteiger partial charge in [-0.2, -0.15) is 0 Å². The Morgan fingerprint density at radius 3 is 2.84 bits per heavy atom. The number of hydrogen-bond acceptors (Lipinski definition) is 6. The lowest BCUT2D eigenvalue weighted by atomic mass is 9.95. The molecular weight excluding hydrogens is 421 g/mol. The molecule has 1 saturated heterocycles. The highest BCUT2D eigenvalue weighted by Crippen LogP contribution is 2.60. The molecule has 2 atom stereocenters. The number of hydrogen-bond donors (Lipinski definition) is 0. The molecule has 162 valence electrons. The van der Waals surface area contributed by atoms with E-state index in [1.54, 1.807) is 13.3 Å². The van der Waals surface area contributed by atoms with Gasteiger partial charge in [-0.15, -0.1) is 10.2 Å². The van der Waals surface area contributed by atoms with Crippen LogP contribution in [-0.2, 0) is 16.8 Å². The van der Waals surface area contributed by atoms with Crippen LogP contribution in [0.3, 0.4) is 0 Å². The van der Waals surface area contributed by atoms with Crippen molar-refractivity contribution in [3.05, 3.63) is 58.8 Å². The third kappa shape index (κ3) is 3.43. The van der Waals surface area contributed by atoms with Gasteiger partial charge in [-0.1, -0.05) is 17.7 Å². The summed E-state index contributed by atoms with van der Waals surface area (Å²) < 4.78 is 26.3. The van der Waals surface area contributed by atoms with Gasteiger partial charge in [0.2, 0.25) is 11.8 Å². The van der Waals surface area contributed by atoms with Crippen LogP contribution in [0.15, 0.2) is 36.5 Å². The van der Waals surface area contributed by atoms with E-state index in [9.17, 15) is 4.39 Å². The van der Waals surface area contributed by atoms with Crippen LogP contribution in [0.1, 0.15) is 24.7 Å². The van der Waals surface area contributed by atoms with E-state index in [0.717, 1.165) is 36.7 Å². The van der Waals surface area contributed by atoms with Crippen LogP contribution in [0.5, 0.6) is 5.88 Å². The first-order chi connectivity index (χ1) is 15.1. The normalized spacial score (nSPS) is 21.9. The van der Waals surface area contributed by atoms with Crippen molar-refractivity contribution >= 4 is 17.5 Å². The molecule has 3 aromatic rings. The minimum atomic E-state index is -0.315. The largest absolute Gasteiger partial charge is 0.481 e. The molecule has 1 saturated carbocycles. The summed E-state index contributed by atoms with van der Waals surface area (Å²) in [6.07, 6.45) is 2.78. The Morgan fingerprint density at radius 1 is 1.26 bits per heavy atom. The number of piperidine rings is 1. The molecule has 9 heteroatoms. The number of ether oxygens (including phenoxy) is 2. The Balaban J connectivity index is 1.49. The second-order valence-corrected chi connectivity index (χ2v) is 8.42. The SMILES string of the molecule is CCOCc1nnc(N2C[C@@H]3C[C@]3(c3ccc(F)cc3Cl)C2)n1-c1ccc(OC)nc1. The summed E-state index contributed by atoms with van der Waals surface area (Å²) in [7, 11) is 1.59. The Bertz CT molecular complexity index is 1110. The number of anilines is 1. The van der Waals surface area contributed by atoms with Crippen molar-refractivity contribution < 1.29 is 13.9 Å². The zero-order valence-corrected chi connectivity index (χ0v) is 18.1. The van der Waals surface area contributed by atoms with E-state index in [2.05, 4.69) is 20.1 Å². The van der Waals surface area contributed by atoms with E-state index in [1.807, 2.05) is 29.7 Å². The average molecular weight is 444 g/mol. The van der Waals surface area contributed by atoms with Crippen molar-refractivity contribution in [3.63, 3.8) is 0 Å². The molecule has 3 heterocycles. The van der Waals surface area contributed by atoms with E-state index >= 15 is 0 Å². The minimum absolute atomic E-state index is 0.0696. The van der Waals surface area contributed by atoms with E-state index in [1.165, 1.54) is 12.1 Å². The smallest absolute Gasteiger partial charge is 0.232 e. The fraction of sp³-hybridized carbons (Fsp3) is 0.409. The van der Waals surface area contributed by atoms with Gasteiger partial charge in [0, 0.05) is 36.2 Å². The standard InChI is InChI=1S/C22H23ClFN5O2/c1-3-31-12-19-26-27-21(29(19)16-5-7-20(30-2)25-10-16)28-11-14-9-22(14,13-28)17-6-4-15(24)8-18(17)23/h4-8,10,14H,3,9,11-13H2,1-2H3/t14-,22-/m0/s1. The van der Waals surface area contributed by atoms with Crippen molar-refractivity contribution in [2.45, 2.75) is 25.4 Å². The molecule has 2 aliphatic rings. The van der Waals surface area contributed by atoms with E-state index < -0.39 is 0 Å². The summed E-state index contributed by atoms with van der Waals surface area (Å²) in [5.41, 5.74) is 1.78. The summed E-state index contributed by atoms with van der Waals surface area (Å²) >= 11 is 6.41. The lowest BCUT2D eigenvalue weighted by Gasteiger charge is -2.23. The second-order valence-electron chi connectivity index (χ2n) is 8.01. The Kier molecular flexibility index (Phi) is 5.06. The summed E-state index contributed by atoms with van der Waals surface area (Å²) in [5, 5.41) is 9.37. The maximum atomic E-state index is 13.6. The Hall–Kier alpha value is -2.71. The van der Waals surface area contributed by atoms with E-state index in [-0.39, 0.29) is 11.2 Å². The topological polar surface area (TPSA) is 65.3 Å². The highest BCUT2D eigenvalue weighted by molar-refractivity contribution is 6.31. The molecular formula is C22H23ClFN5O2. The molecule has 31 heavy (non-hydrogen) atoms. The number of methoxy groups -OCH3 is 1. The lowest BCUT2D eigenvalue weighted by molar-refractivity contribution is 0.127. The molecule has 0 N–H and O–H groups in total. The number of nitrogens with zero attached hydrogens (tertiary/aromatic N) is 5. The highest BCUT2D eigenvalue weighted by atomic mass is 35.5. The number of pyridine rings is 1. The summed E-state index contributed by atoms with van der Waals surface area (Å²) in [4.78, 5) is 6.56. The molecule has 2 aromatic heterocycles. The summed E-state index contributed by atoms with van der Waals surface area (Å²) in [5.74, 6) is 2.12. The number of fused-ring (bicyclic) bond motifs is 1. The molecule has 0 spiro atoms. The molecule has 1 aliphatic carbocycles. The number of rotatable bonds is 7. The third-order valence-corrected chi connectivity index (χ3v) is 6.55. The number of halogens is 2. The van der Waals surface area contributed by atoms with Gasteiger partial charge in [0.1, 0.15) is 12.4 Å². The first-order valence-electron chi connectivity index (χ1n) is 10.3. The zero-order chi connectivity index (χ0) is 21.6. The third-order valence-electron chi connectivity index (χ3n) is 6.23. The van der Waals surface area contributed by atoms with Gasteiger partial charge in [-0.05, 0) is 43.0 Å². The number of benzene rings is 1. The molecule has 0 radical (unpaired) electrons. The Labute approximate surface area is 184 Å². The highest BCUT2D eigenvalue weighted by Gasteiger charge is 2.62. The monoisotopic (exact) mass is 443 g/mol. The van der Waals surface area contributed by atoms with Crippen LogP contribution in [-0.4, -0.2) is 46.6 Å². The fourth-order valence-electron chi connectivity index (χ4n) is 4.63. The maximum absolute atomic E-state index is 13.6. The Morgan fingerprint density at radius 2 is 2.13 bits per heavy atom. The van der Waals surface area contributed by atoms with Crippen LogP contribution in [0.2, 0.25) is 5.02 Å². The van der Waals surface area contributed by atoms with Crippen LogP contribution in [0.25, 0.3) is 5.69 Å². The summed E-state index contributed by atoms with van der Waals surface area (Å²) in [6, 6.07) is 8.44. The van der Waals surface area contributed by atoms with Gasteiger partial charge >= 0.3 is 0 Å². The van der Waals surface area contributed by atoms with Crippen LogP contribution >= 0.6 is 11.6 Å². The maximum Gasteiger partial charge on any atom is 0.232 e. The van der Waals surface area contributed by atoms with Crippen molar-refractivity contribution in [2.75, 3.05) is 31.7 Å². The van der Waals surface area contributed by atoms with Crippen LogP contribution in [0.4, 0.5) is 10.3 Å². The molecule has 0 bridgehead atoms. The van der Waals surface area contributed by atoms with Crippen molar-refractivity contribution in [2.24, 2.45) is 5.92 Å². The van der Waals surface area contributed by atoms with Gasteiger partial charge in [-0.25, -0.2) is 9.37 Å². The van der Waals surface area contributed by atoms with Gasteiger partial charge in [-0.3, -0.25) is 4.57 Å². The first kappa shape index (κ1) is 20.2. The van der Waals surface area contributed by atoms with Gasteiger partial charge in [0.05, 0.1) is 19.0 Å². The molecule has 0 unspecified atom stereocenters. The van der Waals surface area contributed by atoms with E-state index in [4.69, 9.17) is 21.1 Å². The lowest BCUT2D eigenvalue weighted by Crippen LogP contribution is -2.29. The predicted octanol–water partition coefficient (Wildman–Crippen LogP) is 3.78. The van der Waals surface area contributed by atoms with Crippen molar-refractivity contribution in [1.29, 1.82) is 0 Å². The molecule has 2 fully saturated rings. The van der Waals surface area contributed by atoms with Gasteiger partial charge < -0.3 is 14.4 Å². The first-order valence-corrected chi connectivity index (χ1v) is 10.7. The average Bonchev–Trinajstić information content (AvgIpc) is 3.12. The van der Waals surface area contributed by atoms with Gasteiger partial charge in [0.15, 0.2) is 5.82 Å². The quantitative estimate of drug-likeness (QED) is 0.553. The molecule has 1 aromatic carbocycles. The van der Waals surface area contributed by atoms with Crippen molar-refractivity contribution in [3.8, 4) is 11.6 Å².